The third kappa shape index (κ3) is 3.17. The van der Waals surface area contributed by atoms with E-state index in [9.17, 15) is 4.79 Å². The lowest BCUT2D eigenvalue weighted by Gasteiger charge is -2.12. The zero-order valence-electron chi connectivity index (χ0n) is 11.7. The van der Waals surface area contributed by atoms with E-state index in [2.05, 4.69) is 5.32 Å². The maximum Gasteiger partial charge on any atom is 0.257 e. The summed E-state index contributed by atoms with van der Waals surface area (Å²) >= 11 is 7.71. The van der Waals surface area contributed by atoms with Crippen LogP contribution in [0, 0.1) is 13.8 Å². The fourth-order valence-electron chi connectivity index (χ4n) is 2.00. The molecule has 0 saturated heterocycles. The Bertz CT molecular complexity index is 635. The average molecular weight is 306 g/mol. The minimum Gasteiger partial charge on any atom is -0.321 e. The van der Waals surface area contributed by atoms with Crippen molar-refractivity contribution in [2.24, 2.45) is 0 Å². The predicted octanol–water partition coefficient (Wildman–Crippen LogP) is 4.93. The van der Waals surface area contributed by atoms with Gasteiger partial charge in [0.1, 0.15) is 0 Å². The quantitative estimate of drug-likeness (QED) is 0.815. The molecule has 2 nitrogen and oxygen atoms in total. The molecular weight excluding hydrogens is 290 g/mol. The smallest absolute Gasteiger partial charge is 0.257 e. The van der Waals surface area contributed by atoms with Gasteiger partial charge in [0.05, 0.1) is 10.6 Å². The predicted molar refractivity (Wildman–Crippen MR) is 87.1 cm³/mol. The van der Waals surface area contributed by atoms with Crippen LogP contribution in [0.5, 0.6) is 0 Å². The summed E-state index contributed by atoms with van der Waals surface area (Å²) in [7, 11) is 0. The van der Waals surface area contributed by atoms with Gasteiger partial charge >= 0.3 is 0 Å². The third-order valence-electron chi connectivity index (χ3n) is 3.14. The van der Waals surface area contributed by atoms with Crippen LogP contribution in [0.3, 0.4) is 0 Å². The summed E-state index contributed by atoms with van der Waals surface area (Å²) in [5.41, 5.74) is 3.43. The van der Waals surface area contributed by atoms with Gasteiger partial charge in [0, 0.05) is 10.6 Å². The molecule has 2 aromatic rings. The van der Waals surface area contributed by atoms with Crippen LogP contribution in [0.4, 0.5) is 5.69 Å². The van der Waals surface area contributed by atoms with Crippen LogP contribution in [0.25, 0.3) is 0 Å². The van der Waals surface area contributed by atoms with E-state index < -0.39 is 0 Å². The lowest BCUT2D eigenvalue weighted by atomic mass is 10.1. The Morgan fingerprint density at radius 3 is 2.40 bits per heavy atom. The van der Waals surface area contributed by atoms with Crippen molar-refractivity contribution in [1.82, 2.24) is 0 Å². The maximum absolute atomic E-state index is 12.4. The monoisotopic (exact) mass is 305 g/mol. The van der Waals surface area contributed by atoms with Gasteiger partial charge in [-0.15, -0.1) is 11.8 Å². The number of halogens is 1. The van der Waals surface area contributed by atoms with E-state index in [0.717, 1.165) is 21.7 Å². The normalized spacial score (nSPS) is 10.4. The van der Waals surface area contributed by atoms with E-state index in [1.54, 1.807) is 17.8 Å². The van der Waals surface area contributed by atoms with Crippen LogP contribution in [-0.2, 0) is 0 Å². The molecule has 2 rings (SSSR count). The SMILES string of the molecule is CSc1ccc(Cl)c(C(=O)Nc2c(C)cccc2C)c1. The number of aryl methyl sites for hydroxylation is 2. The molecule has 0 aliphatic rings. The molecule has 0 aliphatic heterocycles. The first kappa shape index (κ1) is 14.9. The Morgan fingerprint density at radius 1 is 1.15 bits per heavy atom. The molecule has 4 heteroatoms. The summed E-state index contributed by atoms with van der Waals surface area (Å²) in [6.45, 7) is 3.95. The van der Waals surface area contributed by atoms with Crippen LogP contribution in [0.1, 0.15) is 21.5 Å². The summed E-state index contributed by atoms with van der Waals surface area (Å²) in [4.78, 5) is 13.4. The van der Waals surface area contributed by atoms with E-state index in [-0.39, 0.29) is 5.91 Å². The summed E-state index contributed by atoms with van der Waals surface area (Å²) in [5.74, 6) is -0.178. The number of carbonyl (C=O) groups excluding carboxylic acids is 1. The summed E-state index contributed by atoms with van der Waals surface area (Å²) < 4.78 is 0. The number of hydrogen-bond donors (Lipinski definition) is 1. The number of amides is 1. The van der Waals surface area contributed by atoms with Gasteiger partial charge in [-0.05, 0) is 49.4 Å². The van der Waals surface area contributed by atoms with Gasteiger partial charge in [0.25, 0.3) is 5.91 Å². The fourth-order valence-corrected chi connectivity index (χ4v) is 2.64. The van der Waals surface area contributed by atoms with Gasteiger partial charge in [-0.1, -0.05) is 29.8 Å². The number of para-hydroxylation sites is 1. The fraction of sp³-hybridized carbons (Fsp3) is 0.188. The maximum atomic E-state index is 12.4. The second kappa shape index (κ2) is 6.33. The van der Waals surface area contributed by atoms with Crippen molar-refractivity contribution < 1.29 is 4.79 Å². The molecule has 0 atom stereocenters. The Hall–Kier alpha value is -1.45. The highest BCUT2D eigenvalue weighted by atomic mass is 35.5. The number of carbonyl (C=O) groups is 1. The van der Waals surface area contributed by atoms with Crippen molar-refractivity contribution in [3.05, 3.63) is 58.1 Å². The van der Waals surface area contributed by atoms with Crippen molar-refractivity contribution >= 4 is 35.0 Å². The summed E-state index contributed by atoms with van der Waals surface area (Å²) in [6.07, 6.45) is 1.97. The summed E-state index contributed by atoms with van der Waals surface area (Å²) in [5, 5.41) is 3.42. The molecule has 2 aromatic carbocycles. The molecule has 0 unspecified atom stereocenters. The lowest BCUT2D eigenvalue weighted by Crippen LogP contribution is -2.14. The Labute approximate surface area is 128 Å². The van der Waals surface area contributed by atoms with Crippen LogP contribution in [-0.4, -0.2) is 12.2 Å². The third-order valence-corrected chi connectivity index (χ3v) is 4.19. The number of anilines is 1. The number of nitrogens with one attached hydrogen (secondary N) is 1. The number of rotatable bonds is 3. The molecule has 0 heterocycles. The molecule has 1 amide bonds. The lowest BCUT2D eigenvalue weighted by molar-refractivity contribution is 0.102. The Morgan fingerprint density at radius 2 is 1.80 bits per heavy atom. The molecule has 1 N–H and O–H groups in total. The zero-order valence-corrected chi connectivity index (χ0v) is 13.2. The highest BCUT2D eigenvalue weighted by Gasteiger charge is 2.13. The molecule has 0 bridgehead atoms. The molecular formula is C16H16ClNOS. The number of thioether (sulfide) groups is 1. The van der Waals surface area contributed by atoms with Gasteiger partial charge in [-0.2, -0.15) is 0 Å². The molecule has 0 radical (unpaired) electrons. The van der Waals surface area contributed by atoms with E-state index in [1.807, 2.05) is 50.4 Å². The van der Waals surface area contributed by atoms with E-state index in [1.165, 1.54) is 0 Å². The van der Waals surface area contributed by atoms with Crippen molar-refractivity contribution in [3.8, 4) is 0 Å². The standard InChI is InChI=1S/C16H16ClNOS/c1-10-5-4-6-11(2)15(10)18-16(19)13-9-12(20-3)7-8-14(13)17/h4-9H,1-3H3,(H,18,19). The first-order chi connectivity index (χ1) is 9.52. The van der Waals surface area contributed by atoms with Gasteiger partial charge in [0.2, 0.25) is 0 Å². The minimum absolute atomic E-state index is 0.178. The molecule has 0 spiro atoms. The Balaban J connectivity index is 2.33. The van der Waals surface area contributed by atoms with Crippen LogP contribution < -0.4 is 5.32 Å². The second-order valence-corrected chi connectivity index (χ2v) is 5.85. The summed E-state index contributed by atoms with van der Waals surface area (Å²) in [6, 6.07) is 11.4. The zero-order chi connectivity index (χ0) is 14.7. The van der Waals surface area contributed by atoms with Crippen molar-refractivity contribution in [1.29, 1.82) is 0 Å². The van der Waals surface area contributed by atoms with Crippen molar-refractivity contribution in [2.75, 3.05) is 11.6 Å². The molecule has 104 valence electrons. The number of hydrogen-bond acceptors (Lipinski definition) is 2. The van der Waals surface area contributed by atoms with Crippen LogP contribution in [0.2, 0.25) is 5.02 Å². The first-order valence-electron chi connectivity index (χ1n) is 6.24. The van der Waals surface area contributed by atoms with Crippen LogP contribution >= 0.6 is 23.4 Å². The first-order valence-corrected chi connectivity index (χ1v) is 7.84. The van der Waals surface area contributed by atoms with Crippen molar-refractivity contribution in [2.45, 2.75) is 18.7 Å². The van der Waals surface area contributed by atoms with Gasteiger partial charge < -0.3 is 5.32 Å². The molecule has 0 aromatic heterocycles. The molecule has 0 saturated carbocycles. The molecule has 0 fully saturated rings. The Kier molecular flexibility index (Phi) is 4.73. The van der Waals surface area contributed by atoms with E-state index in [4.69, 9.17) is 11.6 Å². The number of benzene rings is 2. The van der Waals surface area contributed by atoms with E-state index in [0.29, 0.717) is 10.6 Å². The topological polar surface area (TPSA) is 29.1 Å². The van der Waals surface area contributed by atoms with E-state index >= 15 is 0 Å². The molecule has 0 aliphatic carbocycles. The van der Waals surface area contributed by atoms with Crippen molar-refractivity contribution in [3.63, 3.8) is 0 Å². The van der Waals surface area contributed by atoms with Gasteiger partial charge in [-0.3, -0.25) is 4.79 Å². The highest BCUT2D eigenvalue weighted by Crippen LogP contribution is 2.25. The van der Waals surface area contributed by atoms with Crippen LogP contribution in [0.15, 0.2) is 41.3 Å². The molecule has 20 heavy (non-hydrogen) atoms. The average Bonchev–Trinajstić information content (AvgIpc) is 2.43. The second-order valence-electron chi connectivity index (χ2n) is 4.57. The van der Waals surface area contributed by atoms with Gasteiger partial charge in [0.15, 0.2) is 0 Å². The minimum atomic E-state index is -0.178. The van der Waals surface area contributed by atoms with Gasteiger partial charge in [-0.25, -0.2) is 0 Å². The largest absolute Gasteiger partial charge is 0.321 e. The highest BCUT2D eigenvalue weighted by molar-refractivity contribution is 7.98.